The van der Waals surface area contributed by atoms with Crippen LogP contribution in [0.5, 0.6) is 5.75 Å². The zero-order chi connectivity index (χ0) is 15.8. The van der Waals surface area contributed by atoms with Crippen molar-refractivity contribution in [2.45, 2.75) is 6.18 Å². The maximum absolute atomic E-state index is 13.8. The number of carbonyl (C=O) groups is 1. The van der Waals surface area contributed by atoms with E-state index in [1.54, 1.807) is 0 Å². The second-order valence-electron chi connectivity index (χ2n) is 3.82. The third-order valence-corrected chi connectivity index (χ3v) is 3.56. The second-order valence-corrected chi connectivity index (χ2v) is 4.82. The van der Waals surface area contributed by atoms with Gasteiger partial charge in [0, 0.05) is 0 Å². The standard InChI is InChI=1S/C12H7F4NO3S/c1-20-6-4-2-3-5(13)7(6)10-17-9(12(14,15)16)8(21-10)11(18)19/h2-4H,1H3,(H,18,19). The molecule has 1 aromatic heterocycles. The molecule has 2 rings (SSSR count). The average Bonchev–Trinajstić information content (AvgIpc) is 2.83. The molecule has 0 spiro atoms. The molecule has 0 amide bonds. The van der Waals surface area contributed by atoms with E-state index in [0.29, 0.717) is 0 Å². The number of rotatable bonds is 3. The Balaban J connectivity index is 2.70. The number of hydrogen-bond acceptors (Lipinski definition) is 4. The Labute approximate surface area is 119 Å². The molecule has 0 aliphatic carbocycles. The first-order valence-electron chi connectivity index (χ1n) is 5.40. The molecule has 0 atom stereocenters. The lowest BCUT2D eigenvalue weighted by Crippen LogP contribution is -2.11. The number of ether oxygens (including phenoxy) is 1. The minimum absolute atomic E-state index is 0.0330. The van der Waals surface area contributed by atoms with Crippen LogP contribution in [0.1, 0.15) is 15.4 Å². The van der Waals surface area contributed by atoms with Gasteiger partial charge in [-0.25, -0.2) is 14.2 Å². The number of nitrogens with zero attached hydrogens (tertiary/aromatic N) is 1. The van der Waals surface area contributed by atoms with Gasteiger partial charge in [-0.3, -0.25) is 0 Å². The van der Waals surface area contributed by atoms with Gasteiger partial charge in [0.15, 0.2) is 5.69 Å². The van der Waals surface area contributed by atoms with Crippen LogP contribution in [-0.4, -0.2) is 23.2 Å². The summed E-state index contributed by atoms with van der Waals surface area (Å²) in [5.41, 5.74) is -1.86. The van der Waals surface area contributed by atoms with Gasteiger partial charge in [-0.1, -0.05) is 6.07 Å². The van der Waals surface area contributed by atoms with Crippen molar-refractivity contribution in [1.29, 1.82) is 0 Å². The molecule has 9 heteroatoms. The Morgan fingerprint density at radius 1 is 1.38 bits per heavy atom. The van der Waals surface area contributed by atoms with E-state index in [-0.39, 0.29) is 22.6 Å². The third-order valence-electron chi connectivity index (χ3n) is 2.50. The van der Waals surface area contributed by atoms with Gasteiger partial charge in [0.05, 0.1) is 12.7 Å². The molecule has 0 radical (unpaired) electrons. The van der Waals surface area contributed by atoms with Gasteiger partial charge in [-0.05, 0) is 12.1 Å². The van der Waals surface area contributed by atoms with Gasteiger partial charge in [0.1, 0.15) is 21.5 Å². The Morgan fingerprint density at radius 3 is 2.52 bits per heavy atom. The number of carboxylic acid groups (broad SMARTS) is 1. The summed E-state index contributed by atoms with van der Waals surface area (Å²) in [5.74, 6) is -2.66. The van der Waals surface area contributed by atoms with E-state index in [4.69, 9.17) is 9.84 Å². The smallest absolute Gasteiger partial charge is 0.435 e. The highest BCUT2D eigenvalue weighted by molar-refractivity contribution is 7.17. The van der Waals surface area contributed by atoms with Crippen molar-refractivity contribution in [3.05, 3.63) is 34.6 Å². The number of carboxylic acids is 1. The maximum Gasteiger partial charge on any atom is 0.435 e. The summed E-state index contributed by atoms with van der Waals surface area (Å²) in [6.45, 7) is 0. The molecule has 0 aliphatic rings. The highest BCUT2D eigenvalue weighted by atomic mass is 32.1. The van der Waals surface area contributed by atoms with E-state index in [1.165, 1.54) is 19.2 Å². The van der Waals surface area contributed by atoms with Gasteiger partial charge in [0.25, 0.3) is 0 Å². The minimum Gasteiger partial charge on any atom is -0.496 e. The van der Waals surface area contributed by atoms with Crippen molar-refractivity contribution in [2.75, 3.05) is 7.11 Å². The molecule has 1 heterocycles. The molecule has 1 aromatic carbocycles. The largest absolute Gasteiger partial charge is 0.496 e. The maximum atomic E-state index is 13.8. The summed E-state index contributed by atoms with van der Waals surface area (Å²) < 4.78 is 57.0. The van der Waals surface area contributed by atoms with Crippen molar-refractivity contribution < 1.29 is 32.2 Å². The molecule has 0 unspecified atom stereocenters. The fraction of sp³-hybridized carbons (Fsp3) is 0.167. The van der Waals surface area contributed by atoms with Crippen LogP contribution in [0.3, 0.4) is 0 Å². The topological polar surface area (TPSA) is 59.4 Å². The van der Waals surface area contributed by atoms with Crippen LogP contribution in [0.15, 0.2) is 18.2 Å². The van der Waals surface area contributed by atoms with Gasteiger partial charge in [0.2, 0.25) is 0 Å². The van der Waals surface area contributed by atoms with Crippen LogP contribution in [-0.2, 0) is 6.18 Å². The molecule has 0 fully saturated rings. The molecule has 0 bridgehead atoms. The summed E-state index contributed by atoms with van der Waals surface area (Å²) in [6.07, 6.45) is -4.94. The number of alkyl halides is 3. The van der Waals surface area contributed by atoms with Crippen LogP contribution in [0.25, 0.3) is 10.6 Å². The van der Waals surface area contributed by atoms with Crippen LogP contribution < -0.4 is 4.74 Å². The number of aromatic carboxylic acids is 1. The minimum atomic E-state index is -4.94. The van der Waals surface area contributed by atoms with E-state index in [2.05, 4.69) is 4.98 Å². The molecule has 21 heavy (non-hydrogen) atoms. The lowest BCUT2D eigenvalue weighted by molar-refractivity contribution is -0.141. The summed E-state index contributed by atoms with van der Waals surface area (Å²) in [7, 11) is 1.22. The Kier molecular flexibility index (Phi) is 3.86. The van der Waals surface area contributed by atoms with E-state index in [0.717, 1.165) is 6.07 Å². The highest BCUT2D eigenvalue weighted by Gasteiger charge is 2.40. The molecular weight excluding hydrogens is 314 g/mol. The molecule has 1 N–H and O–H groups in total. The summed E-state index contributed by atoms with van der Waals surface area (Å²) in [5, 5.41) is 8.42. The average molecular weight is 321 g/mol. The van der Waals surface area contributed by atoms with E-state index < -0.39 is 33.5 Å². The van der Waals surface area contributed by atoms with Crippen LogP contribution >= 0.6 is 11.3 Å². The fourth-order valence-electron chi connectivity index (χ4n) is 1.65. The predicted octanol–water partition coefficient (Wildman–Crippen LogP) is 3.67. The van der Waals surface area contributed by atoms with Crippen LogP contribution in [0.2, 0.25) is 0 Å². The molecule has 4 nitrogen and oxygen atoms in total. The summed E-state index contributed by atoms with van der Waals surface area (Å²) in [4.78, 5) is 13.1. The summed E-state index contributed by atoms with van der Waals surface area (Å²) in [6, 6.07) is 3.68. The lowest BCUT2D eigenvalue weighted by atomic mass is 10.2. The van der Waals surface area contributed by atoms with Gasteiger partial charge in [-0.15, -0.1) is 11.3 Å². The Hall–Kier alpha value is -2.16. The van der Waals surface area contributed by atoms with Crippen molar-refractivity contribution in [1.82, 2.24) is 4.98 Å². The van der Waals surface area contributed by atoms with Crippen molar-refractivity contribution in [2.24, 2.45) is 0 Å². The number of thiazole rings is 1. The van der Waals surface area contributed by atoms with Crippen LogP contribution in [0, 0.1) is 5.82 Å². The first-order valence-corrected chi connectivity index (χ1v) is 6.21. The first kappa shape index (κ1) is 15.2. The van der Waals surface area contributed by atoms with Crippen molar-refractivity contribution >= 4 is 17.3 Å². The van der Waals surface area contributed by atoms with Crippen LogP contribution in [0.4, 0.5) is 17.6 Å². The molecule has 2 aromatic rings. The number of benzene rings is 1. The van der Waals surface area contributed by atoms with Crippen molar-refractivity contribution in [3.8, 4) is 16.3 Å². The Morgan fingerprint density at radius 2 is 2.05 bits per heavy atom. The van der Waals surface area contributed by atoms with Crippen molar-refractivity contribution in [3.63, 3.8) is 0 Å². The lowest BCUT2D eigenvalue weighted by Gasteiger charge is -2.06. The second kappa shape index (κ2) is 5.32. The first-order chi connectivity index (χ1) is 9.75. The fourth-order valence-corrected chi connectivity index (χ4v) is 2.62. The number of hydrogen-bond donors (Lipinski definition) is 1. The normalized spacial score (nSPS) is 11.5. The zero-order valence-electron chi connectivity index (χ0n) is 10.4. The van der Waals surface area contributed by atoms with Gasteiger partial charge in [-0.2, -0.15) is 13.2 Å². The monoisotopic (exact) mass is 321 g/mol. The zero-order valence-corrected chi connectivity index (χ0v) is 11.2. The molecule has 0 aliphatic heterocycles. The predicted molar refractivity (Wildman–Crippen MR) is 66.0 cm³/mol. The highest BCUT2D eigenvalue weighted by Crippen LogP contribution is 2.41. The quantitative estimate of drug-likeness (QED) is 0.876. The number of aromatic nitrogens is 1. The molecule has 0 saturated heterocycles. The summed E-state index contributed by atoms with van der Waals surface area (Å²) >= 11 is 0.241. The van der Waals surface area contributed by atoms with Gasteiger partial charge < -0.3 is 9.84 Å². The van der Waals surface area contributed by atoms with Gasteiger partial charge >= 0.3 is 12.1 Å². The molecule has 112 valence electrons. The Bertz CT molecular complexity index is 696. The SMILES string of the molecule is COc1cccc(F)c1-c1nc(C(F)(F)F)c(C(=O)O)s1. The third kappa shape index (κ3) is 2.82. The van der Waals surface area contributed by atoms with E-state index >= 15 is 0 Å². The van der Waals surface area contributed by atoms with E-state index in [9.17, 15) is 22.4 Å². The molecular formula is C12H7F4NO3S. The number of methoxy groups -OCH3 is 1. The molecule has 0 saturated carbocycles. The number of halogens is 4. The van der Waals surface area contributed by atoms with E-state index in [1.807, 2.05) is 0 Å².